The topological polar surface area (TPSA) is 157 Å². The molecule has 0 rings (SSSR count). The first-order valence-electron chi connectivity index (χ1n) is 8.39. The molecule has 0 bridgehead atoms. The first-order chi connectivity index (χ1) is 12.6. The van der Waals surface area contributed by atoms with E-state index >= 15 is 0 Å². The largest absolute Gasteiger partial charge is 0.356 e. The third-order valence-corrected chi connectivity index (χ3v) is 3.54. The number of urea groups is 1. The van der Waals surface area contributed by atoms with Gasteiger partial charge in [-0.05, 0) is 12.8 Å². The third-order valence-electron chi connectivity index (χ3n) is 3.54. The Bertz CT molecular complexity index is 521. The van der Waals surface area contributed by atoms with Crippen molar-refractivity contribution in [2.45, 2.75) is 38.5 Å². The van der Waals surface area contributed by atoms with Crippen LogP contribution in [0.3, 0.4) is 0 Å². The van der Waals surface area contributed by atoms with E-state index in [0.717, 1.165) is 30.6 Å². The molecule has 0 radical (unpaired) electrons. The lowest BCUT2D eigenvalue weighted by atomic mass is 10.0. The van der Waals surface area contributed by atoms with Gasteiger partial charge in [-0.1, -0.05) is 12.8 Å². The Hall–Kier alpha value is -3.30. The molecule has 9 nitrogen and oxygen atoms in total. The van der Waals surface area contributed by atoms with Crippen LogP contribution in [0.15, 0.2) is 0 Å². The summed E-state index contributed by atoms with van der Waals surface area (Å²) < 4.78 is 0. The minimum atomic E-state index is -0.579. The lowest BCUT2D eigenvalue weighted by Gasteiger charge is -2.16. The number of rotatable bonds is 12. The molecule has 138 valence electrons. The highest BCUT2D eigenvalue weighted by Gasteiger charge is 2.17. The highest BCUT2D eigenvalue weighted by Crippen LogP contribution is 2.07. The van der Waals surface area contributed by atoms with Crippen LogP contribution in [0.25, 0.3) is 0 Å². The van der Waals surface area contributed by atoms with Crippen LogP contribution in [0.2, 0.25) is 0 Å². The van der Waals surface area contributed by atoms with Crippen molar-refractivity contribution in [2.24, 2.45) is 5.92 Å². The van der Waals surface area contributed by atoms with Crippen LogP contribution in [-0.2, 0) is 4.79 Å². The van der Waals surface area contributed by atoms with Crippen LogP contribution >= 0.6 is 0 Å². The number of amides is 3. The minimum absolute atomic E-state index is 0.0354. The fraction of sp³-hybridized carbons (Fsp3) is 0.647. The number of nitriles is 4. The second kappa shape index (κ2) is 15.2. The molecule has 0 spiro atoms. The monoisotopic (exact) mass is 357 g/mol. The van der Waals surface area contributed by atoms with E-state index in [1.165, 1.54) is 0 Å². The van der Waals surface area contributed by atoms with E-state index in [1.54, 1.807) is 0 Å². The standard InChI is InChI=1S/C17H23N7O2/c18-7-5-15(6-8-19)16(25)22-11-3-1-2-4-12-23-17(26)24(13-9-20)14-10-21/h15H,1-6,11-14H2,(H,22,25)(H,23,26). The van der Waals surface area contributed by atoms with Gasteiger partial charge in [0.2, 0.25) is 5.91 Å². The fourth-order valence-electron chi connectivity index (χ4n) is 2.11. The van der Waals surface area contributed by atoms with Crippen molar-refractivity contribution in [2.75, 3.05) is 26.2 Å². The summed E-state index contributed by atoms with van der Waals surface area (Å²) in [6, 6.07) is 7.05. The number of hydrogen-bond donors (Lipinski definition) is 2. The molecule has 0 heterocycles. The van der Waals surface area contributed by atoms with E-state index in [-0.39, 0.29) is 31.8 Å². The van der Waals surface area contributed by atoms with Crippen molar-refractivity contribution in [1.29, 1.82) is 21.0 Å². The van der Waals surface area contributed by atoms with Gasteiger partial charge in [0.1, 0.15) is 13.1 Å². The maximum Gasteiger partial charge on any atom is 0.319 e. The first kappa shape index (κ1) is 22.7. The molecule has 0 fully saturated rings. The number of unbranched alkanes of at least 4 members (excludes halogenated alkanes) is 3. The maximum absolute atomic E-state index is 11.8. The van der Waals surface area contributed by atoms with E-state index in [1.807, 2.05) is 24.3 Å². The van der Waals surface area contributed by atoms with Crippen LogP contribution in [-0.4, -0.2) is 43.0 Å². The van der Waals surface area contributed by atoms with Crippen molar-refractivity contribution < 1.29 is 9.59 Å². The number of hydrogen-bond acceptors (Lipinski definition) is 6. The highest BCUT2D eigenvalue weighted by atomic mass is 16.2. The molecule has 0 aromatic rings. The quantitative estimate of drug-likeness (QED) is 0.394. The molecular weight excluding hydrogens is 334 g/mol. The molecule has 0 unspecified atom stereocenters. The van der Waals surface area contributed by atoms with E-state index in [9.17, 15) is 9.59 Å². The van der Waals surface area contributed by atoms with Gasteiger partial charge in [0, 0.05) is 25.9 Å². The predicted molar refractivity (Wildman–Crippen MR) is 91.6 cm³/mol. The molecule has 0 aromatic carbocycles. The lowest BCUT2D eigenvalue weighted by molar-refractivity contribution is -0.124. The summed E-state index contributed by atoms with van der Waals surface area (Å²) in [5, 5.41) is 39.8. The Balaban J connectivity index is 3.79. The summed E-state index contributed by atoms with van der Waals surface area (Å²) in [7, 11) is 0. The number of nitrogens with zero attached hydrogens (tertiary/aromatic N) is 5. The van der Waals surface area contributed by atoms with Crippen molar-refractivity contribution in [3.63, 3.8) is 0 Å². The zero-order valence-electron chi connectivity index (χ0n) is 14.7. The summed E-state index contributed by atoms with van der Waals surface area (Å²) >= 11 is 0. The Kier molecular flexibility index (Phi) is 13.3. The van der Waals surface area contributed by atoms with Crippen LogP contribution in [0.4, 0.5) is 4.79 Å². The van der Waals surface area contributed by atoms with Gasteiger partial charge in [0.15, 0.2) is 0 Å². The second-order valence-electron chi connectivity index (χ2n) is 5.53. The van der Waals surface area contributed by atoms with Crippen molar-refractivity contribution in [3.8, 4) is 24.3 Å². The predicted octanol–water partition coefficient (Wildman–Crippen LogP) is 1.17. The normalized spacial score (nSPS) is 9.27. The molecule has 0 saturated carbocycles. The smallest absolute Gasteiger partial charge is 0.319 e. The molecule has 9 heteroatoms. The zero-order chi connectivity index (χ0) is 19.6. The van der Waals surface area contributed by atoms with Gasteiger partial charge >= 0.3 is 6.03 Å². The lowest BCUT2D eigenvalue weighted by Crippen LogP contribution is -2.40. The summed E-state index contributed by atoms with van der Waals surface area (Å²) in [4.78, 5) is 24.6. The number of nitrogens with one attached hydrogen (secondary N) is 2. The number of carbonyl (C=O) groups excluding carboxylic acids is 2. The van der Waals surface area contributed by atoms with Gasteiger partial charge in [0.25, 0.3) is 0 Å². The number of carbonyl (C=O) groups is 2. The second-order valence-corrected chi connectivity index (χ2v) is 5.53. The maximum atomic E-state index is 11.8. The zero-order valence-corrected chi connectivity index (χ0v) is 14.7. The molecule has 2 N–H and O–H groups in total. The molecule has 0 aromatic heterocycles. The van der Waals surface area contributed by atoms with Crippen LogP contribution < -0.4 is 10.6 Å². The average Bonchev–Trinajstić information content (AvgIpc) is 2.63. The summed E-state index contributed by atoms with van der Waals surface area (Å²) in [5.74, 6) is -0.847. The van der Waals surface area contributed by atoms with Gasteiger partial charge in [-0.25, -0.2) is 4.79 Å². The SMILES string of the molecule is N#CCC(CC#N)C(=O)NCCCCCCNC(=O)N(CC#N)CC#N. The summed E-state index contributed by atoms with van der Waals surface area (Å²) in [6.07, 6.45) is 3.30. The van der Waals surface area contributed by atoms with Gasteiger partial charge in [-0.15, -0.1) is 0 Å². The Labute approximate surface area is 153 Å². The van der Waals surface area contributed by atoms with Crippen molar-refractivity contribution in [3.05, 3.63) is 0 Å². The highest BCUT2D eigenvalue weighted by molar-refractivity contribution is 5.79. The van der Waals surface area contributed by atoms with Gasteiger partial charge in [-0.3, -0.25) is 9.69 Å². The van der Waals surface area contributed by atoms with E-state index in [4.69, 9.17) is 21.0 Å². The van der Waals surface area contributed by atoms with Gasteiger partial charge < -0.3 is 10.6 Å². The molecule has 3 amide bonds. The van der Waals surface area contributed by atoms with Gasteiger partial charge in [-0.2, -0.15) is 21.0 Å². The molecular formula is C17H23N7O2. The molecule has 0 aliphatic heterocycles. The summed E-state index contributed by atoms with van der Waals surface area (Å²) in [6.45, 7) is 0.678. The van der Waals surface area contributed by atoms with Crippen molar-refractivity contribution in [1.82, 2.24) is 15.5 Å². The first-order valence-corrected chi connectivity index (χ1v) is 8.39. The third kappa shape index (κ3) is 10.5. The van der Waals surface area contributed by atoms with E-state index < -0.39 is 11.9 Å². The Morgan fingerprint density at radius 3 is 1.73 bits per heavy atom. The summed E-state index contributed by atoms with van der Waals surface area (Å²) in [5.41, 5.74) is 0. The molecule has 26 heavy (non-hydrogen) atoms. The molecule has 0 aliphatic rings. The Morgan fingerprint density at radius 2 is 1.27 bits per heavy atom. The van der Waals surface area contributed by atoms with Gasteiger partial charge in [0.05, 0.1) is 30.2 Å². The minimum Gasteiger partial charge on any atom is -0.356 e. The van der Waals surface area contributed by atoms with E-state index in [0.29, 0.717) is 13.1 Å². The van der Waals surface area contributed by atoms with Crippen LogP contribution in [0, 0.1) is 51.2 Å². The van der Waals surface area contributed by atoms with Crippen molar-refractivity contribution >= 4 is 11.9 Å². The molecule has 0 aliphatic carbocycles. The van der Waals surface area contributed by atoms with Crippen LogP contribution in [0.1, 0.15) is 38.5 Å². The Morgan fingerprint density at radius 1 is 0.769 bits per heavy atom. The average molecular weight is 357 g/mol. The fourth-order valence-corrected chi connectivity index (χ4v) is 2.11. The molecule has 0 atom stereocenters. The molecule has 0 saturated heterocycles. The van der Waals surface area contributed by atoms with Crippen LogP contribution in [0.5, 0.6) is 0 Å². The van der Waals surface area contributed by atoms with E-state index in [2.05, 4.69) is 10.6 Å².